The van der Waals surface area contributed by atoms with Crippen molar-refractivity contribution < 1.29 is 5.11 Å². The predicted molar refractivity (Wildman–Crippen MR) is 76.2 cm³/mol. The number of nitrogens with one attached hydrogen (secondary N) is 2. The molecule has 2 unspecified atom stereocenters. The Balaban J connectivity index is 1.91. The van der Waals surface area contributed by atoms with Crippen molar-refractivity contribution in [3.63, 3.8) is 0 Å². The summed E-state index contributed by atoms with van der Waals surface area (Å²) in [6, 6.07) is 7.37. The molecule has 0 radical (unpaired) electrons. The summed E-state index contributed by atoms with van der Waals surface area (Å²) >= 11 is 5.82. The molecule has 1 heterocycles. The van der Waals surface area contributed by atoms with Crippen molar-refractivity contribution in [2.45, 2.75) is 26.0 Å². The smallest absolute Gasteiger partial charge is 0.0914 e. The molecule has 0 aliphatic carbocycles. The van der Waals surface area contributed by atoms with Crippen LogP contribution in [0.4, 0.5) is 0 Å². The quantitative estimate of drug-likeness (QED) is 0.789. The van der Waals surface area contributed by atoms with Gasteiger partial charge in [-0.05, 0) is 31.5 Å². The lowest BCUT2D eigenvalue weighted by molar-refractivity contribution is 0.171. The molecule has 5 heteroatoms. The van der Waals surface area contributed by atoms with Gasteiger partial charge in [-0.2, -0.15) is 5.10 Å². The Labute approximate surface area is 117 Å². The van der Waals surface area contributed by atoms with Crippen LogP contribution in [0, 0.1) is 6.92 Å². The van der Waals surface area contributed by atoms with Crippen molar-refractivity contribution in [3.8, 4) is 0 Å². The molecule has 2 aromatic rings. The second kappa shape index (κ2) is 6.19. The molecule has 0 bridgehead atoms. The van der Waals surface area contributed by atoms with Gasteiger partial charge in [0.2, 0.25) is 0 Å². The van der Waals surface area contributed by atoms with Crippen LogP contribution >= 0.6 is 11.6 Å². The summed E-state index contributed by atoms with van der Waals surface area (Å²) < 4.78 is 0. The Bertz CT molecular complexity index is 524. The summed E-state index contributed by atoms with van der Waals surface area (Å²) in [4.78, 5) is 0. The Morgan fingerprint density at radius 3 is 2.63 bits per heavy atom. The third-order valence-electron chi connectivity index (χ3n) is 3.21. The van der Waals surface area contributed by atoms with Crippen LogP contribution in [0.3, 0.4) is 0 Å². The fourth-order valence-corrected chi connectivity index (χ4v) is 2.12. The van der Waals surface area contributed by atoms with Crippen molar-refractivity contribution >= 4 is 11.6 Å². The third-order valence-corrected chi connectivity index (χ3v) is 3.46. The minimum absolute atomic E-state index is 0.140. The van der Waals surface area contributed by atoms with Crippen molar-refractivity contribution in [2.75, 3.05) is 6.54 Å². The van der Waals surface area contributed by atoms with Gasteiger partial charge in [-0.15, -0.1) is 0 Å². The van der Waals surface area contributed by atoms with Crippen LogP contribution in [0.5, 0.6) is 0 Å². The normalized spacial score (nSPS) is 14.3. The van der Waals surface area contributed by atoms with Gasteiger partial charge in [-0.25, -0.2) is 0 Å². The number of aromatic amines is 1. The number of rotatable bonds is 5. The zero-order valence-electron chi connectivity index (χ0n) is 11.0. The fourth-order valence-electron chi connectivity index (χ4n) is 2.00. The van der Waals surface area contributed by atoms with Crippen LogP contribution < -0.4 is 5.32 Å². The van der Waals surface area contributed by atoms with E-state index in [1.54, 1.807) is 12.1 Å². The standard InChI is InChI=1S/C14H18ClN3O/c1-9(13-7-17-18-10(13)2)16-8-14(19)11-3-5-12(15)6-4-11/h3-7,9,14,16,19H,8H2,1-2H3,(H,17,18). The van der Waals surface area contributed by atoms with E-state index in [9.17, 15) is 5.11 Å². The van der Waals surface area contributed by atoms with E-state index in [1.807, 2.05) is 32.2 Å². The molecule has 3 N–H and O–H groups in total. The molecule has 0 spiro atoms. The average Bonchev–Trinajstić information content (AvgIpc) is 2.83. The molecule has 19 heavy (non-hydrogen) atoms. The van der Waals surface area contributed by atoms with Gasteiger partial charge < -0.3 is 10.4 Å². The van der Waals surface area contributed by atoms with Crippen LogP contribution in [-0.4, -0.2) is 21.8 Å². The van der Waals surface area contributed by atoms with Crippen molar-refractivity contribution in [3.05, 3.63) is 52.3 Å². The lowest BCUT2D eigenvalue weighted by Crippen LogP contribution is -2.24. The summed E-state index contributed by atoms with van der Waals surface area (Å²) in [5.74, 6) is 0. The Morgan fingerprint density at radius 2 is 2.05 bits per heavy atom. The number of benzene rings is 1. The molecule has 0 fully saturated rings. The summed E-state index contributed by atoms with van der Waals surface area (Å²) in [5.41, 5.74) is 3.01. The highest BCUT2D eigenvalue weighted by Gasteiger charge is 2.13. The first-order valence-corrected chi connectivity index (χ1v) is 6.62. The van der Waals surface area contributed by atoms with Crippen LogP contribution in [0.1, 0.15) is 35.9 Å². The number of aliphatic hydroxyl groups is 1. The molecule has 0 saturated heterocycles. The maximum Gasteiger partial charge on any atom is 0.0914 e. The maximum absolute atomic E-state index is 10.1. The largest absolute Gasteiger partial charge is 0.387 e. The summed E-state index contributed by atoms with van der Waals surface area (Å²) in [6.07, 6.45) is 1.26. The van der Waals surface area contributed by atoms with E-state index in [-0.39, 0.29) is 6.04 Å². The summed E-state index contributed by atoms with van der Waals surface area (Å²) in [7, 11) is 0. The van der Waals surface area contributed by atoms with Gasteiger partial charge >= 0.3 is 0 Å². The topological polar surface area (TPSA) is 60.9 Å². The lowest BCUT2D eigenvalue weighted by atomic mass is 10.1. The zero-order chi connectivity index (χ0) is 13.8. The van der Waals surface area contributed by atoms with Gasteiger partial charge in [-0.3, -0.25) is 5.10 Å². The number of H-pyrrole nitrogens is 1. The molecule has 4 nitrogen and oxygen atoms in total. The fraction of sp³-hybridized carbons (Fsp3) is 0.357. The molecule has 0 saturated carbocycles. The number of nitrogens with zero attached hydrogens (tertiary/aromatic N) is 1. The molecule has 1 aromatic heterocycles. The van der Waals surface area contributed by atoms with Crippen LogP contribution in [0.2, 0.25) is 5.02 Å². The first-order chi connectivity index (χ1) is 9.08. The highest BCUT2D eigenvalue weighted by atomic mass is 35.5. The van der Waals surface area contributed by atoms with Crippen LogP contribution in [0.25, 0.3) is 0 Å². The van der Waals surface area contributed by atoms with Gasteiger partial charge in [0.05, 0.1) is 12.3 Å². The van der Waals surface area contributed by atoms with Crippen molar-refractivity contribution in [1.82, 2.24) is 15.5 Å². The number of aliphatic hydroxyl groups excluding tert-OH is 1. The highest BCUT2D eigenvalue weighted by molar-refractivity contribution is 6.30. The van der Waals surface area contributed by atoms with Gasteiger partial charge in [0.25, 0.3) is 0 Å². The highest BCUT2D eigenvalue weighted by Crippen LogP contribution is 2.18. The van der Waals surface area contributed by atoms with Crippen LogP contribution in [0.15, 0.2) is 30.5 Å². The van der Waals surface area contributed by atoms with Gasteiger partial charge in [0, 0.05) is 28.9 Å². The molecule has 102 valence electrons. The summed E-state index contributed by atoms with van der Waals surface area (Å²) in [5, 5.41) is 21.0. The molecule has 0 amide bonds. The van der Waals surface area contributed by atoms with E-state index < -0.39 is 6.10 Å². The number of hydrogen-bond acceptors (Lipinski definition) is 3. The number of aryl methyl sites for hydroxylation is 1. The lowest BCUT2D eigenvalue weighted by Gasteiger charge is -2.17. The number of halogens is 1. The first-order valence-electron chi connectivity index (χ1n) is 6.24. The predicted octanol–water partition coefficient (Wildman–Crippen LogP) is 2.76. The monoisotopic (exact) mass is 279 g/mol. The Kier molecular flexibility index (Phi) is 4.58. The number of hydrogen-bond donors (Lipinski definition) is 3. The molecule has 0 aliphatic heterocycles. The minimum Gasteiger partial charge on any atom is -0.387 e. The van der Waals surface area contributed by atoms with Gasteiger partial charge in [0.15, 0.2) is 0 Å². The van der Waals surface area contributed by atoms with E-state index in [0.717, 1.165) is 16.8 Å². The summed E-state index contributed by atoms with van der Waals surface area (Å²) in [6.45, 7) is 4.51. The van der Waals surface area contributed by atoms with Gasteiger partial charge in [-0.1, -0.05) is 23.7 Å². The van der Waals surface area contributed by atoms with E-state index in [4.69, 9.17) is 11.6 Å². The average molecular weight is 280 g/mol. The van der Waals surface area contributed by atoms with Crippen LogP contribution in [-0.2, 0) is 0 Å². The number of aromatic nitrogens is 2. The van der Waals surface area contributed by atoms with E-state index >= 15 is 0 Å². The van der Waals surface area contributed by atoms with E-state index in [2.05, 4.69) is 15.5 Å². The second-order valence-electron chi connectivity index (χ2n) is 4.65. The second-order valence-corrected chi connectivity index (χ2v) is 5.08. The molecule has 2 rings (SSSR count). The Morgan fingerprint density at radius 1 is 1.37 bits per heavy atom. The third kappa shape index (κ3) is 3.56. The Hall–Kier alpha value is -1.36. The van der Waals surface area contributed by atoms with E-state index in [1.165, 1.54) is 0 Å². The van der Waals surface area contributed by atoms with Crippen molar-refractivity contribution in [2.24, 2.45) is 0 Å². The molecule has 0 aliphatic rings. The maximum atomic E-state index is 10.1. The van der Waals surface area contributed by atoms with Crippen molar-refractivity contribution in [1.29, 1.82) is 0 Å². The molecular formula is C14H18ClN3O. The minimum atomic E-state index is -0.549. The SMILES string of the molecule is Cc1[nH]ncc1C(C)NCC(O)c1ccc(Cl)cc1. The molecule has 1 aromatic carbocycles. The molecule has 2 atom stereocenters. The first kappa shape index (κ1) is 14.1. The van der Waals surface area contributed by atoms with Gasteiger partial charge in [0.1, 0.15) is 0 Å². The molecular weight excluding hydrogens is 262 g/mol. The zero-order valence-corrected chi connectivity index (χ0v) is 11.8. The van der Waals surface area contributed by atoms with E-state index in [0.29, 0.717) is 11.6 Å².